The second-order valence-corrected chi connectivity index (χ2v) is 5.19. The minimum atomic E-state index is -0.421. The van der Waals surface area contributed by atoms with Gasteiger partial charge in [0.25, 0.3) is 5.69 Å². The number of halogens is 2. The van der Waals surface area contributed by atoms with Gasteiger partial charge < -0.3 is 5.32 Å². The van der Waals surface area contributed by atoms with Gasteiger partial charge in [-0.3, -0.25) is 10.1 Å². The van der Waals surface area contributed by atoms with Gasteiger partial charge in [-0.15, -0.1) is 0 Å². The molecule has 104 valence electrons. The molecule has 4 nitrogen and oxygen atoms in total. The van der Waals surface area contributed by atoms with Crippen molar-refractivity contribution in [3.05, 3.63) is 67.7 Å². The monoisotopic (exact) mass is 310 g/mol. The Balaban J connectivity index is 2.20. The van der Waals surface area contributed by atoms with Gasteiger partial charge in [0, 0.05) is 28.3 Å². The summed E-state index contributed by atoms with van der Waals surface area (Å²) in [7, 11) is 0. The van der Waals surface area contributed by atoms with Gasteiger partial charge in [-0.25, -0.2) is 0 Å². The molecule has 6 heteroatoms. The maximum absolute atomic E-state index is 11.0. The van der Waals surface area contributed by atoms with E-state index in [4.69, 9.17) is 23.2 Å². The zero-order valence-electron chi connectivity index (χ0n) is 10.7. The van der Waals surface area contributed by atoms with Gasteiger partial charge in [0.2, 0.25) is 0 Å². The minimum absolute atomic E-state index is 0.0418. The van der Waals surface area contributed by atoms with E-state index in [0.717, 1.165) is 11.3 Å². The van der Waals surface area contributed by atoms with E-state index in [1.807, 2.05) is 19.1 Å². The van der Waals surface area contributed by atoms with Crippen molar-refractivity contribution >= 4 is 34.6 Å². The predicted octanol–water partition coefficient (Wildman–Crippen LogP) is 4.82. The highest BCUT2D eigenvalue weighted by Crippen LogP contribution is 2.25. The second kappa shape index (κ2) is 6.11. The summed E-state index contributed by atoms with van der Waals surface area (Å²) in [4.78, 5) is 10.5. The van der Waals surface area contributed by atoms with Crippen molar-refractivity contribution in [1.82, 2.24) is 0 Å². The van der Waals surface area contributed by atoms with Crippen LogP contribution < -0.4 is 5.32 Å². The number of nitrogens with zero attached hydrogens (tertiary/aromatic N) is 1. The summed E-state index contributed by atoms with van der Waals surface area (Å²) in [5.74, 6) is 0. The van der Waals surface area contributed by atoms with Crippen LogP contribution in [0.4, 0.5) is 11.4 Å². The molecule has 0 spiro atoms. The molecule has 0 unspecified atom stereocenters. The molecule has 0 saturated carbocycles. The van der Waals surface area contributed by atoms with Gasteiger partial charge in [0.05, 0.1) is 10.5 Å². The lowest BCUT2D eigenvalue weighted by atomic mass is 10.1. The molecule has 0 aliphatic carbocycles. The van der Waals surface area contributed by atoms with E-state index in [1.54, 1.807) is 12.1 Å². The molecule has 0 aliphatic rings. The smallest absolute Gasteiger partial charge is 0.274 e. The summed E-state index contributed by atoms with van der Waals surface area (Å²) >= 11 is 11.9. The number of aryl methyl sites for hydroxylation is 1. The fraction of sp³-hybridized carbons (Fsp3) is 0.143. The average molecular weight is 311 g/mol. The van der Waals surface area contributed by atoms with Crippen molar-refractivity contribution in [3.8, 4) is 0 Å². The quantitative estimate of drug-likeness (QED) is 0.650. The molecule has 0 heterocycles. The van der Waals surface area contributed by atoms with Crippen LogP contribution in [0.2, 0.25) is 10.0 Å². The van der Waals surface area contributed by atoms with Crippen LogP contribution in [0.5, 0.6) is 0 Å². The van der Waals surface area contributed by atoms with Crippen LogP contribution in [0.25, 0.3) is 0 Å². The van der Waals surface area contributed by atoms with E-state index < -0.39 is 4.92 Å². The van der Waals surface area contributed by atoms with Crippen LogP contribution in [0.3, 0.4) is 0 Å². The topological polar surface area (TPSA) is 55.2 Å². The highest BCUT2D eigenvalue weighted by atomic mass is 35.5. The second-order valence-electron chi connectivity index (χ2n) is 4.35. The van der Waals surface area contributed by atoms with Crippen molar-refractivity contribution in [1.29, 1.82) is 0 Å². The van der Waals surface area contributed by atoms with Crippen molar-refractivity contribution in [2.45, 2.75) is 13.5 Å². The van der Waals surface area contributed by atoms with Crippen molar-refractivity contribution in [2.75, 3.05) is 5.32 Å². The molecule has 2 rings (SSSR count). The minimum Gasteiger partial charge on any atom is -0.381 e. The van der Waals surface area contributed by atoms with E-state index in [9.17, 15) is 10.1 Å². The molecule has 0 amide bonds. The lowest BCUT2D eigenvalue weighted by Gasteiger charge is -2.09. The van der Waals surface area contributed by atoms with E-state index in [2.05, 4.69) is 5.32 Å². The summed E-state index contributed by atoms with van der Waals surface area (Å²) in [6.07, 6.45) is 0. The maximum atomic E-state index is 11.0. The summed E-state index contributed by atoms with van der Waals surface area (Å²) in [6.45, 7) is 2.21. The van der Waals surface area contributed by atoms with E-state index in [1.165, 1.54) is 12.1 Å². The molecular weight excluding hydrogens is 299 g/mol. The van der Waals surface area contributed by atoms with Crippen LogP contribution in [0.1, 0.15) is 11.1 Å². The van der Waals surface area contributed by atoms with Crippen LogP contribution in [-0.4, -0.2) is 4.92 Å². The molecule has 0 aromatic heterocycles. The number of nitrogens with one attached hydrogen (secondary N) is 1. The standard InChI is InChI=1S/C14H12Cl2N2O2/c1-9-2-4-12(7-13(9)16)17-8-10-6-11(15)3-5-14(10)18(19)20/h2-7,17H,8H2,1H3. The highest BCUT2D eigenvalue weighted by molar-refractivity contribution is 6.31. The molecule has 0 aliphatic heterocycles. The molecule has 20 heavy (non-hydrogen) atoms. The zero-order valence-corrected chi connectivity index (χ0v) is 12.2. The Morgan fingerprint density at radius 1 is 1.20 bits per heavy atom. The normalized spacial score (nSPS) is 10.3. The molecule has 0 atom stereocenters. The lowest BCUT2D eigenvalue weighted by molar-refractivity contribution is -0.385. The molecule has 0 bridgehead atoms. The Kier molecular flexibility index (Phi) is 4.47. The van der Waals surface area contributed by atoms with Gasteiger partial charge in [0.15, 0.2) is 0 Å². The van der Waals surface area contributed by atoms with Gasteiger partial charge >= 0.3 is 0 Å². The largest absolute Gasteiger partial charge is 0.381 e. The first-order valence-electron chi connectivity index (χ1n) is 5.90. The van der Waals surface area contributed by atoms with Gasteiger partial charge in [-0.1, -0.05) is 29.3 Å². The fourth-order valence-corrected chi connectivity index (χ4v) is 2.15. The van der Waals surface area contributed by atoms with Crippen LogP contribution in [-0.2, 0) is 6.54 Å². The van der Waals surface area contributed by atoms with Gasteiger partial charge in [0.1, 0.15) is 0 Å². The van der Waals surface area contributed by atoms with E-state index in [0.29, 0.717) is 22.2 Å². The molecule has 2 aromatic rings. The number of hydrogen-bond donors (Lipinski definition) is 1. The average Bonchev–Trinajstić information content (AvgIpc) is 2.40. The molecule has 0 radical (unpaired) electrons. The van der Waals surface area contributed by atoms with Crippen molar-refractivity contribution in [2.24, 2.45) is 0 Å². The highest BCUT2D eigenvalue weighted by Gasteiger charge is 2.13. The fourth-order valence-electron chi connectivity index (χ4n) is 1.77. The Morgan fingerprint density at radius 2 is 1.95 bits per heavy atom. The number of nitro groups is 1. The molecular formula is C14H12Cl2N2O2. The first-order valence-corrected chi connectivity index (χ1v) is 6.66. The number of benzene rings is 2. The Bertz CT molecular complexity index is 660. The summed E-state index contributed by atoms with van der Waals surface area (Å²) in [6, 6.07) is 10.0. The number of anilines is 1. The van der Waals surface area contributed by atoms with Crippen LogP contribution >= 0.6 is 23.2 Å². The third-order valence-corrected chi connectivity index (χ3v) is 3.54. The molecule has 0 saturated heterocycles. The third kappa shape index (κ3) is 3.40. The Labute approximate surface area is 126 Å². The number of rotatable bonds is 4. The third-order valence-electron chi connectivity index (χ3n) is 2.89. The van der Waals surface area contributed by atoms with Gasteiger partial charge in [-0.2, -0.15) is 0 Å². The Morgan fingerprint density at radius 3 is 2.60 bits per heavy atom. The first kappa shape index (κ1) is 14.6. The number of hydrogen-bond acceptors (Lipinski definition) is 3. The lowest BCUT2D eigenvalue weighted by Crippen LogP contribution is -2.03. The molecule has 0 fully saturated rings. The molecule has 1 N–H and O–H groups in total. The van der Waals surface area contributed by atoms with Crippen molar-refractivity contribution < 1.29 is 4.92 Å². The molecule has 2 aromatic carbocycles. The van der Waals surface area contributed by atoms with Crippen LogP contribution in [0, 0.1) is 17.0 Å². The predicted molar refractivity (Wildman–Crippen MR) is 81.6 cm³/mol. The van der Waals surface area contributed by atoms with E-state index in [-0.39, 0.29) is 5.69 Å². The number of nitro benzene ring substituents is 1. The zero-order chi connectivity index (χ0) is 14.7. The van der Waals surface area contributed by atoms with Crippen LogP contribution in [0.15, 0.2) is 36.4 Å². The SMILES string of the molecule is Cc1ccc(NCc2cc(Cl)ccc2[N+](=O)[O-])cc1Cl. The first-order chi connectivity index (χ1) is 9.47. The van der Waals surface area contributed by atoms with E-state index >= 15 is 0 Å². The van der Waals surface area contributed by atoms with Crippen molar-refractivity contribution in [3.63, 3.8) is 0 Å². The summed E-state index contributed by atoms with van der Waals surface area (Å²) < 4.78 is 0. The maximum Gasteiger partial charge on any atom is 0.274 e. The Hall–Kier alpha value is -1.78. The van der Waals surface area contributed by atoms with Gasteiger partial charge in [-0.05, 0) is 36.8 Å². The summed E-state index contributed by atoms with van der Waals surface area (Å²) in [5.41, 5.74) is 2.35. The summed E-state index contributed by atoms with van der Waals surface area (Å²) in [5, 5.41) is 15.2.